The van der Waals surface area contributed by atoms with Gasteiger partial charge in [-0.25, -0.2) is 13.4 Å². The van der Waals surface area contributed by atoms with Crippen molar-refractivity contribution >= 4 is 21.7 Å². The first kappa shape index (κ1) is 25.0. The summed E-state index contributed by atoms with van der Waals surface area (Å²) in [6.45, 7) is 7.36. The van der Waals surface area contributed by atoms with Gasteiger partial charge in [-0.1, -0.05) is 19.9 Å². The Morgan fingerprint density at radius 1 is 1.06 bits per heavy atom. The zero-order valence-electron chi connectivity index (χ0n) is 18.8. The highest BCUT2D eigenvalue weighted by molar-refractivity contribution is 7.89. The molecule has 0 saturated carbocycles. The maximum absolute atomic E-state index is 13.1. The number of nitrogens with zero attached hydrogens (tertiary/aromatic N) is 4. The van der Waals surface area contributed by atoms with Gasteiger partial charge in [0.05, 0.1) is 10.5 Å². The highest BCUT2D eigenvalue weighted by atomic mass is 32.2. The van der Waals surface area contributed by atoms with Gasteiger partial charge in [0.2, 0.25) is 10.0 Å². The van der Waals surface area contributed by atoms with E-state index in [9.17, 15) is 26.4 Å². The van der Waals surface area contributed by atoms with Crippen molar-refractivity contribution in [2.45, 2.75) is 31.8 Å². The van der Waals surface area contributed by atoms with Crippen LogP contribution in [-0.2, 0) is 16.2 Å². The fourth-order valence-corrected chi connectivity index (χ4v) is 5.48. The van der Waals surface area contributed by atoms with Crippen LogP contribution in [0.2, 0.25) is 0 Å². The minimum Gasteiger partial charge on any atom is -0.353 e. The van der Waals surface area contributed by atoms with E-state index < -0.39 is 21.8 Å². The maximum atomic E-state index is 13.1. The Bertz CT molecular complexity index is 1090. The quantitative estimate of drug-likeness (QED) is 0.629. The van der Waals surface area contributed by atoms with Gasteiger partial charge in [0.1, 0.15) is 5.82 Å². The van der Waals surface area contributed by atoms with Crippen molar-refractivity contribution in [2.24, 2.45) is 0 Å². The molecule has 2 heterocycles. The molecule has 3 rings (SSSR count). The van der Waals surface area contributed by atoms with Crippen molar-refractivity contribution < 1.29 is 26.4 Å². The first-order valence-electron chi connectivity index (χ1n) is 10.7. The van der Waals surface area contributed by atoms with Gasteiger partial charge in [0.15, 0.2) is 0 Å². The summed E-state index contributed by atoms with van der Waals surface area (Å²) in [6, 6.07) is 6.98. The molecular weight excluding hydrogens is 457 g/mol. The van der Waals surface area contributed by atoms with Gasteiger partial charge in [-0.05, 0) is 36.8 Å². The van der Waals surface area contributed by atoms with E-state index in [4.69, 9.17) is 0 Å². The van der Waals surface area contributed by atoms with Crippen molar-refractivity contribution in [3.8, 4) is 0 Å². The lowest BCUT2D eigenvalue weighted by Gasteiger charge is -2.35. The fraction of sp³-hybridized carbons (Fsp3) is 0.455. The number of carbonyl (C=O) groups excluding carboxylic acids is 1. The molecule has 1 aromatic heterocycles. The van der Waals surface area contributed by atoms with E-state index in [-0.39, 0.29) is 16.4 Å². The Kier molecular flexibility index (Phi) is 7.32. The van der Waals surface area contributed by atoms with Crippen LogP contribution in [0, 0.1) is 6.92 Å². The summed E-state index contributed by atoms with van der Waals surface area (Å²) in [5.41, 5.74) is 0.0407. The first-order valence-corrected chi connectivity index (χ1v) is 12.1. The number of sulfonamides is 1. The van der Waals surface area contributed by atoms with E-state index in [2.05, 4.69) is 4.98 Å². The lowest BCUT2D eigenvalue weighted by molar-refractivity contribution is -0.137. The van der Waals surface area contributed by atoms with Gasteiger partial charge in [-0.2, -0.15) is 17.5 Å². The summed E-state index contributed by atoms with van der Waals surface area (Å²) in [5, 5.41) is 0. The highest BCUT2D eigenvalue weighted by Crippen LogP contribution is 2.29. The first-order chi connectivity index (χ1) is 15.5. The van der Waals surface area contributed by atoms with Crippen LogP contribution in [0.15, 0.2) is 41.4 Å². The Balaban J connectivity index is 1.72. The molecule has 0 radical (unpaired) electrons. The lowest BCUT2D eigenvalue weighted by Crippen LogP contribution is -2.49. The number of rotatable bonds is 6. The minimum absolute atomic E-state index is 0.115. The number of pyridine rings is 1. The van der Waals surface area contributed by atoms with E-state index in [1.165, 1.54) is 16.4 Å². The molecule has 0 aliphatic carbocycles. The number of alkyl halides is 3. The van der Waals surface area contributed by atoms with Crippen LogP contribution in [0.25, 0.3) is 0 Å². The second kappa shape index (κ2) is 9.68. The number of carbonyl (C=O) groups is 1. The van der Waals surface area contributed by atoms with Crippen LogP contribution in [0.1, 0.15) is 35.3 Å². The summed E-state index contributed by atoms with van der Waals surface area (Å²) in [7, 11) is -3.71. The van der Waals surface area contributed by atoms with E-state index in [0.717, 1.165) is 12.3 Å². The standard InChI is InChI=1S/C22H27F3N4O3S/c1-4-29(5-2)33(31,32)19-14-17(7-6-16(19)3)21(30)28-12-10-27(11-13-28)20-9-8-18(15-26-20)22(23,24)25/h6-9,14-15H,4-5,10-13H2,1-3H3. The normalized spacial score (nSPS) is 15.2. The predicted octanol–water partition coefficient (Wildman–Crippen LogP) is 3.40. The second-order valence-corrected chi connectivity index (χ2v) is 9.66. The van der Waals surface area contributed by atoms with Gasteiger partial charge in [-0.3, -0.25) is 4.79 Å². The van der Waals surface area contributed by atoms with Crippen molar-refractivity contribution in [3.63, 3.8) is 0 Å². The molecule has 7 nitrogen and oxygen atoms in total. The molecule has 1 aromatic carbocycles. The van der Waals surface area contributed by atoms with Crippen LogP contribution in [0.3, 0.4) is 0 Å². The smallest absolute Gasteiger partial charge is 0.353 e. The molecule has 1 aliphatic rings. The molecule has 11 heteroatoms. The van der Waals surface area contributed by atoms with Crippen LogP contribution in [0.4, 0.5) is 19.0 Å². The summed E-state index contributed by atoms with van der Waals surface area (Å²) in [5.74, 6) is 0.129. The monoisotopic (exact) mass is 484 g/mol. The van der Waals surface area contributed by atoms with Crippen molar-refractivity contribution in [2.75, 3.05) is 44.2 Å². The zero-order chi connectivity index (χ0) is 24.4. The average Bonchev–Trinajstić information content (AvgIpc) is 2.79. The molecule has 1 amide bonds. The van der Waals surface area contributed by atoms with E-state index in [1.807, 2.05) is 4.90 Å². The number of amides is 1. The summed E-state index contributed by atoms with van der Waals surface area (Å²) in [6.07, 6.45) is -3.64. The molecule has 0 atom stereocenters. The number of piperazine rings is 1. The van der Waals surface area contributed by atoms with Gasteiger partial charge in [-0.15, -0.1) is 0 Å². The molecule has 0 spiro atoms. The second-order valence-electron chi connectivity index (χ2n) is 7.75. The third-order valence-corrected chi connectivity index (χ3v) is 7.92. The molecule has 0 unspecified atom stereocenters. The molecule has 2 aromatic rings. The van der Waals surface area contributed by atoms with Gasteiger partial charge in [0.25, 0.3) is 5.91 Å². The third kappa shape index (κ3) is 5.30. The Morgan fingerprint density at radius 2 is 1.70 bits per heavy atom. The number of hydrogen-bond acceptors (Lipinski definition) is 5. The van der Waals surface area contributed by atoms with Gasteiger partial charge < -0.3 is 9.80 Å². The number of benzene rings is 1. The number of aryl methyl sites for hydroxylation is 1. The molecule has 0 bridgehead atoms. The molecular formula is C22H27F3N4O3S. The van der Waals surface area contributed by atoms with Crippen LogP contribution >= 0.6 is 0 Å². The van der Waals surface area contributed by atoms with Crippen LogP contribution < -0.4 is 4.90 Å². The fourth-order valence-electron chi connectivity index (χ4n) is 3.78. The Morgan fingerprint density at radius 3 is 2.21 bits per heavy atom. The number of halogens is 3. The molecule has 1 fully saturated rings. The zero-order valence-corrected chi connectivity index (χ0v) is 19.6. The van der Waals surface area contributed by atoms with Crippen LogP contribution in [0.5, 0.6) is 0 Å². The number of anilines is 1. The number of aromatic nitrogens is 1. The maximum Gasteiger partial charge on any atom is 0.417 e. The molecule has 180 valence electrons. The van der Waals surface area contributed by atoms with Gasteiger partial charge >= 0.3 is 6.18 Å². The van der Waals surface area contributed by atoms with Crippen molar-refractivity contribution in [3.05, 3.63) is 53.2 Å². The Hall–Kier alpha value is -2.66. The molecule has 1 aliphatic heterocycles. The SMILES string of the molecule is CCN(CC)S(=O)(=O)c1cc(C(=O)N2CCN(c3ccc(C(F)(F)F)cn3)CC2)ccc1C. The molecule has 0 N–H and O–H groups in total. The highest BCUT2D eigenvalue weighted by Gasteiger charge is 2.31. The molecule has 33 heavy (non-hydrogen) atoms. The van der Waals surface area contributed by atoms with Crippen LogP contribution in [-0.4, -0.2) is 67.8 Å². The minimum atomic E-state index is -4.44. The largest absolute Gasteiger partial charge is 0.417 e. The van der Waals surface area contributed by atoms with E-state index >= 15 is 0 Å². The third-order valence-electron chi connectivity index (χ3n) is 5.72. The van der Waals surface area contributed by atoms with E-state index in [1.54, 1.807) is 37.8 Å². The summed E-state index contributed by atoms with van der Waals surface area (Å²) >= 11 is 0. The van der Waals surface area contributed by atoms with Crippen molar-refractivity contribution in [1.82, 2.24) is 14.2 Å². The Labute approximate surface area is 191 Å². The predicted molar refractivity (Wildman–Crippen MR) is 119 cm³/mol. The van der Waals surface area contributed by atoms with E-state index in [0.29, 0.717) is 50.6 Å². The van der Waals surface area contributed by atoms with Crippen molar-refractivity contribution in [1.29, 1.82) is 0 Å². The molecule has 1 saturated heterocycles. The summed E-state index contributed by atoms with van der Waals surface area (Å²) in [4.78, 5) is 20.5. The summed E-state index contributed by atoms with van der Waals surface area (Å²) < 4.78 is 65.5. The topological polar surface area (TPSA) is 73.8 Å². The van der Waals surface area contributed by atoms with Gasteiger partial charge in [0, 0.05) is 51.0 Å². The number of hydrogen-bond donors (Lipinski definition) is 0. The lowest BCUT2D eigenvalue weighted by atomic mass is 10.1. The average molecular weight is 485 g/mol.